The van der Waals surface area contributed by atoms with Crippen molar-refractivity contribution in [2.24, 2.45) is 11.7 Å². The van der Waals surface area contributed by atoms with Gasteiger partial charge in [-0.05, 0) is 13.0 Å². The van der Waals surface area contributed by atoms with Crippen LogP contribution in [0.5, 0.6) is 0 Å². The maximum Gasteiger partial charge on any atom is 0.165 e. The molecule has 0 aromatic heterocycles. The molecule has 0 unspecified atom stereocenters. The summed E-state index contributed by atoms with van der Waals surface area (Å²) >= 11 is 0. The third-order valence-electron chi connectivity index (χ3n) is 2.11. The Labute approximate surface area is 78.8 Å². The van der Waals surface area contributed by atoms with Crippen LogP contribution in [0.2, 0.25) is 0 Å². The lowest BCUT2D eigenvalue weighted by Crippen LogP contribution is -2.15. The number of nitrogens with two attached hydrogens (primary N) is 1. The zero-order valence-electron chi connectivity index (χ0n) is 7.86. The average Bonchev–Trinajstić information content (AvgIpc) is 2.18. The molecule has 2 heteroatoms. The van der Waals surface area contributed by atoms with E-state index < -0.39 is 0 Å². The molecule has 2 N–H and O–H groups in total. The summed E-state index contributed by atoms with van der Waals surface area (Å²) in [6, 6.07) is 9.35. The molecular formula is C11H15NO. The Hall–Kier alpha value is -1.15. The predicted molar refractivity (Wildman–Crippen MR) is 53.6 cm³/mol. The number of carbonyl (C=O) groups is 1. The van der Waals surface area contributed by atoms with Gasteiger partial charge in [-0.15, -0.1) is 0 Å². The molecule has 2 nitrogen and oxygen atoms in total. The second-order valence-corrected chi connectivity index (χ2v) is 3.21. The smallest absolute Gasteiger partial charge is 0.165 e. The van der Waals surface area contributed by atoms with E-state index in [9.17, 15) is 4.79 Å². The first-order valence-electron chi connectivity index (χ1n) is 4.55. The molecule has 0 amide bonds. The van der Waals surface area contributed by atoms with Gasteiger partial charge in [-0.3, -0.25) is 4.79 Å². The van der Waals surface area contributed by atoms with Gasteiger partial charge < -0.3 is 5.73 Å². The predicted octanol–water partition coefficient (Wildman–Crippen LogP) is 1.85. The maximum absolute atomic E-state index is 11.7. The lowest BCUT2D eigenvalue weighted by molar-refractivity contribution is 0.0925. The molecule has 0 spiro atoms. The largest absolute Gasteiger partial charge is 0.330 e. The molecule has 0 aliphatic heterocycles. The highest BCUT2D eigenvalue weighted by Gasteiger charge is 2.13. The van der Waals surface area contributed by atoms with Crippen molar-refractivity contribution in [3.05, 3.63) is 35.9 Å². The highest BCUT2D eigenvalue weighted by atomic mass is 16.1. The van der Waals surface area contributed by atoms with Crippen LogP contribution in [0.4, 0.5) is 0 Å². The molecule has 0 fully saturated rings. The van der Waals surface area contributed by atoms with E-state index >= 15 is 0 Å². The fourth-order valence-corrected chi connectivity index (χ4v) is 1.27. The minimum atomic E-state index is 0.0346. The Balaban J connectivity index is 2.68. The Bertz CT molecular complexity index is 269. The van der Waals surface area contributed by atoms with Crippen LogP contribution in [0.25, 0.3) is 0 Å². The Morgan fingerprint density at radius 2 is 2.00 bits per heavy atom. The molecule has 0 aliphatic rings. The lowest BCUT2D eigenvalue weighted by Gasteiger charge is -2.07. The van der Waals surface area contributed by atoms with E-state index in [2.05, 4.69) is 0 Å². The Morgan fingerprint density at radius 1 is 1.38 bits per heavy atom. The molecule has 13 heavy (non-hydrogen) atoms. The number of ketones is 1. The number of hydrogen-bond acceptors (Lipinski definition) is 2. The second-order valence-electron chi connectivity index (χ2n) is 3.21. The minimum absolute atomic E-state index is 0.0346. The van der Waals surface area contributed by atoms with Crippen LogP contribution in [0.3, 0.4) is 0 Å². The molecule has 0 bridgehead atoms. The molecular weight excluding hydrogens is 162 g/mol. The van der Waals surface area contributed by atoms with E-state index in [1.54, 1.807) is 0 Å². The van der Waals surface area contributed by atoms with Gasteiger partial charge in [0.1, 0.15) is 0 Å². The van der Waals surface area contributed by atoms with Gasteiger partial charge in [0, 0.05) is 11.5 Å². The fraction of sp³-hybridized carbons (Fsp3) is 0.364. The number of benzene rings is 1. The number of rotatable bonds is 4. The van der Waals surface area contributed by atoms with Gasteiger partial charge in [-0.1, -0.05) is 37.3 Å². The number of Topliss-reactive ketones (excluding diaryl/α,β-unsaturated/α-hetero) is 1. The number of carbonyl (C=O) groups excluding carboxylic acids is 1. The molecule has 0 radical (unpaired) electrons. The quantitative estimate of drug-likeness (QED) is 0.713. The van der Waals surface area contributed by atoms with Crippen molar-refractivity contribution in [1.29, 1.82) is 0 Å². The minimum Gasteiger partial charge on any atom is -0.330 e. The third kappa shape index (κ3) is 2.67. The highest BCUT2D eigenvalue weighted by Crippen LogP contribution is 2.10. The van der Waals surface area contributed by atoms with Crippen molar-refractivity contribution >= 4 is 5.78 Å². The van der Waals surface area contributed by atoms with E-state index in [1.807, 2.05) is 37.3 Å². The summed E-state index contributed by atoms with van der Waals surface area (Å²) in [5, 5.41) is 0. The van der Waals surface area contributed by atoms with Crippen molar-refractivity contribution in [1.82, 2.24) is 0 Å². The van der Waals surface area contributed by atoms with Gasteiger partial charge in [-0.25, -0.2) is 0 Å². The first-order valence-corrected chi connectivity index (χ1v) is 4.55. The van der Waals surface area contributed by atoms with Gasteiger partial charge in [0.05, 0.1) is 0 Å². The van der Waals surface area contributed by atoms with Crippen LogP contribution in [0.15, 0.2) is 30.3 Å². The van der Waals surface area contributed by atoms with Crippen LogP contribution in [-0.2, 0) is 0 Å². The fourth-order valence-electron chi connectivity index (χ4n) is 1.27. The van der Waals surface area contributed by atoms with Crippen LogP contribution >= 0.6 is 0 Å². The SMILES string of the molecule is C[C@@H](CCN)C(=O)c1ccccc1. The van der Waals surface area contributed by atoms with Crippen LogP contribution in [-0.4, -0.2) is 12.3 Å². The Morgan fingerprint density at radius 3 is 2.54 bits per heavy atom. The van der Waals surface area contributed by atoms with Crippen LogP contribution in [0.1, 0.15) is 23.7 Å². The van der Waals surface area contributed by atoms with E-state index in [-0.39, 0.29) is 11.7 Å². The molecule has 70 valence electrons. The third-order valence-corrected chi connectivity index (χ3v) is 2.11. The zero-order valence-corrected chi connectivity index (χ0v) is 7.86. The molecule has 1 atom stereocenters. The molecule has 0 saturated heterocycles. The second kappa shape index (κ2) is 4.77. The Kier molecular flexibility index (Phi) is 3.65. The molecule has 1 aromatic rings. The zero-order chi connectivity index (χ0) is 9.68. The topological polar surface area (TPSA) is 43.1 Å². The van der Waals surface area contributed by atoms with Gasteiger partial charge in [0.2, 0.25) is 0 Å². The summed E-state index contributed by atoms with van der Waals surface area (Å²) in [6.45, 7) is 2.49. The average molecular weight is 177 g/mol. The normalized spacial score (nSPS) is 12.5. The first-order chi connectivity index (χ1) is 6.25. The van der Waals surface area contributed by atoms with Crippen LogP contribution in [0, 0.1) is 5.92 Å². The van der Waals surface area contributed by atoms with E-state index in [4.69, 9.17) is 5.73 Å². The molecule has 0 aliphatic carbocycles. The summed E-state index contributed by atoms with van der Waals surface area (Å²) in [7, 11) is 0. The summed E-state index contributed by atoms with van der Waals surface area (Å²) in [6.07, 6.45) is 0.758. The highest BCUT2D eigenvalue weighted by molar-refractivity contribution is 5.97. The van der Waals surface area contributed by atoms with Crippen molar-refractivity contribution in [3.8, 4) is 0 Å². The standard InChI is InChI=1S/C11H15NO/c1-9(7-8-12)11(13)10-5-3-2-4-6-10/h2-6,9H,7-8,12H2,1H3/t9-/m0/s1. The van der Waals surface area contributed by atoms with Gasteiger partial charge in [0.25, 0.3) is 0 Å². The molecule has 1 aromatic carbocycles. The lowest BCUT2D eigenvalue weighted by atomic mass is 9.97. The summed E-state index contributed by atoms with van der Waals surface area (Å²) in [5.74, 6) is 0.221. The summed E-state index contributed by atoms with van der Waals surface area (Å²) in [5.41, 5.74) is 6.17. The van der Waals surface area contributed by atoms with E-state index in [1.165, 1.54) is 0 Å². The maximum atomic E-state index is 11.7. The summed E-state index contributed by atoms with van der Waals surface area (Å²) in [4.78, 5) is 11.7. The van der Waals surface area contributed by atoms with E-state index in [0.29, 0.717) is 6.54 Å². The first kappa shape index (κ1) is 9.93. The van der Waals surface area contributed by atoms with Gasteiger partial charge in [-0.2, -0.15) is 0 Å². The van der Waals surface area contributed by atoms with Gasteiger partial charge in [0.15, 0.2) is 5.78 Å². The van der Waals surface area contributed by atoms with Gasteiger partial charge >= 0.3 is 0 Å². The van der Waals surface area contributed by atoms with Crippen molar-refractivity contribution in [3.63, 3.8) is 0 Å². The monoisotopic (exact) mass is 177 g/mol. The molecule has 0 heterocycles. The summed E-state index contributed by atoms with van der Waals surface area (Å²) < 4.78 is 0. The molecule has 0 saturated carbocycles. The van der Waals surface area contributed by atoms with Crippen LogP contribution < -0.4 is 5.73 Å². The number of hydrogen-bond donors (Lipinski definition) is 1. The van der Waals surface area contributed by atoms with E-state index in [0.717, 1.165) is 12.0 Å². The van der Waals surface area contributed by atoms with Crippen molar-refractivity contribution in [2.75, 3.05) is 6.54 Å². The molecule has 1 rings (SSSR count). The van der Waals surface area contributed by atoms with Crippen molar-refractivity contribution < 1.29 is 4.79 Å². The van der Waals surface area contributed by atoms with Crippen molar-refractivity contribution in [2.45, 2.75) is 13.3 Å².